The highest BCUT2D eigenvalue weighted by molar-refractivity contribution is 5.95. The monoisotopic (exact) mass is 252 g/mol. The summed E-state index contributed by atoms with van der Waals surface area (Å²) in [4.78, 5) is 23.8. The summed E-state index contributed by atoms with van der Waals surface area (Å²) in [5.74, 6) is -1.06. The fraction of sp³-hybridized carbons (Fsp3) is 0.333. The van der Waals surface area contributed by atoms with Crippen molar-refractivity contribution < 1.29 is 19.4 Å². The zero-order chi connectivity index (χ0) is 13.7. The average Bonchev–Trinajstić information content (AvgIpc) is 2.32. The third kappa shape index (κ3) is 2.91. The maximum atomic E-state index is 11.7. The van der Waals surface area contributed by atoms with Crippen LogP contribution in [-0.2, 0) is 4.74 Å². The molecule has 1 rings (SSSR count). The van der Waals surface area contributed by atoms with Gasteiger partial charge in [0.2, 0.25) is 0 Å². The van der Waals surface area contributed by atoms with Gasteiger partial charge in [0.05, 0.1) is 23.5 Å². The summed E-state index contributed by atoms with van der Waals surface area (Å²) in [7, 11) is 0. The molecule has 0 radical (unpaired) electrons. The Hall–Kier alpha value is -2.24. The van der Waals surface area contributed by atoms with Gasteiger partial charge in [-0.15, -0.1) is 0 Å². The van der Waals surface area contributed by atoms with Gasteiger partial charge < -0.3 is 15.6 Å². The van der Waals surface area contributed by atoms with E-state index in [1.165, 1.54) is 23.1 Å². The molecule has 0 atom stereocenters. The maximum Gasteiger partial charge on any atom is 0.414 e. The Kier molecular flexibility index (Phi) is 4.53. The first-order valence-corrected chi connectivity index (χ1v) is 5.58. The van der Waals surface area contributed by atoms with Gasteiger partial charge in [0.15, 0.2) is 0 Å². The minimum atomic E-state index is -1.06. The number of nitrogens with two attached hydrogens (primary N) is 1. The van der Waals surface area contributed by atoms with Crippen LogP contribution in [0.15, 0.2) is 18.2 Å². The van der Waals surface area contributed by atoms with Crippen molar-refractivity contribution in [1.29, 1.82) is 0 Å². The summed E-state index contributed by atoms with van der Waals surface area (Å²) in [6.45, 7) is 4.14. The number of ether oxygens (including phenoxy) is 1. The van der Waals surface area contributed by atoms with Gasteiger partial charge in [-0.05, 0) is 32.0 Å². The van der Waals surface area contributed by atoms with Crippen LogP contribution in [0.4, 0.5) is 16.2 Å². The van der Waals surface area contributed by atoms with Crippen molar-refractivity contribution in [3.8, 4) is 0 Å². The van der Waals surface area contributed by atoms with E-state index in [9.17, 15) is 9.59 Å². The van der Waals surface area contributed by atoms with E-state index in [1.807, 2.05) is 0 Å². The molecule has 0 fully saturated rings. The molecule has 6 heteroatoms. The molecule has 0 aliphatic heterocycles. The second-order valence-electron chi connectivity index (χ2n) is 3.52. The zero-order valence-corrected chi connectivity index (χ0v) is 10.3. The second kappa shape index (κ2) is 5.90. The summed E-state index contributed by atoms with van der Waals surface area (Å²) >= 11 is 0. The van der Waals surface area contributed by atoms with Gasteiger partial charge in [0, 0.05) is 6.54 Å². The number of carbonyl (C=O) groups excluding carboxylic acids is 1. The first-order chi connectivity index (χ1) is 8.51. The number of carboxylic acid groups (broad SMARTS) is 1. The Morgan fingerprint density at radius 1 is 1.39 bits per heavy atom. The standard InChI is InChI=1S/C12H16N2O4/c1-3-14(12(17)18-4-2)10-6-5-8(11(15)16)7-9(10)13/h5-7H,3-4,13H2,1-2H3,(H,15,16). The number of hydrogen-bond acceptors (Lipinski definition) is 4. The van der Waals surface area contributed by atoms with Crippen LogP contribution in [0.5, 0.6) is 0 Å². The number of rotatable bonds is 4. The third-order valence-corrected chi connectivity index (χ3v) is 2.37. The molecule has 1 amide bonds. The molecule has 0 saturated heterocycles. The molecule has 0 spiro atoms. The number of anilines is 2. The van der Waals surface area contributed by atoms with Gasteiger partial charge in [-0.3, -0.25) is 4.90 Å². The van der Waals surface area contributed by atoms with Crippen molar-refractivity contribution in [3.63, 3.8) is 0 Å². The molecular weight excluding hydrogens is 236 g/mol. The predicted octanol–water partition coefficient (Wildman–Crippen LogP) is 1.95. The summed E-state index contributed by atoms with van der Waals surface area (Å²) < 4.78 is 4.90. The van der Waals surface area contributed by atoms with Crippen molar-refractivity contribution in [2.24, 2.45) is 0 Å². The van der Waals surface area contributed by atoms with Gasteiger partial charge in [0.1, 0.15) is 0 Å². The molecule has 1 aromatic rings. The molecular formula is C12H16N2O4. The number of amides is 1. The summed E-state index contributed by atoms with van der Waals surface area (Å²) in [5, 5.41) is 8.83. The molecule has 0 aliphatic carbocycles. The minimum Gasteiger partial charge on any atom is -0.478 e. The highest BCUT2D eigenvalue weighted by Crippen LogP contribution is 2.25. The highest BCUT2D eigenvalue weighted by atomic mass is 16.6. The van der Waals surface area contributed by atoms with E-state index >= 15 is 0 Å². The van der Waals surface area contributed by atoms with Gasteiger partial charge in [-0.2, -0.15) is 0 Å². The van der Waals surface area contributed by atoms with Crippen LogP contribution in [0.2, 0.25) is 0 Å². The molecule has 0 aromatic heterocycles. The van der Waals surface area contributed by atoms with Crippen LogP contribution in [-0.4, -0.2) is 30.3 Å². The highest BCUT2D eigenvalue weighted by Gasteiger charge is 2.18. The number of nitrogen functional groups attached to an aromatic ring is 1. The molecule has 6 nitrogen and oxygen atoms in total. The smallest absolute Gasteiger partial charge is 0.414 e. The zero-order valence-electron chi connectivity index (χ0n) is 10.3. The van der Waals surface area contributed by atoms with Gasteiger partial charge in [0.25, 0.3) is 0 Å². The topological polar surface area (TPSA) is 92.9 Å². The summed E-state index contributed by atoms with van der Waals surface area (Å²) in [5.41, 5.74) is 6.51. The number of nitrogens with zero attached hydrogens (tertiary/aromatic N) is 1. The lowest BCUT2D eigenvalue weighted by Gasteiger charge is -2.21. The molecule has 1 aromatic carbocycles. The van der Waals surface area contributed by atoms with Gasteiger partial charge in [-0.25, -0.2) is 9.59 Å². The second-order valence-corrected chi connectivity index (χ2v) is 3.52. The van der Waals surface area contributed by atoms with E-state index in [4.69, 9.17) is 15.6 Å². The van der Waals surface area contributed by atoms with Crippen LogP contribution >= 0.6 is 0 Å². The lowest BCUT2D eigenvalue weighted by Crippen LogP contribution is -2.32. The molecule has 0 aliphatic rings. The maximum absolute atomic E-state index is 11.7. The van der Waals surface area contributed by atoms with Crippen LogP contribution in [0.1, 0.15) is 24.2 Å². The number of carboxylic acids is 1. The van der Waals surface area contributed by atoms with E-state index in [0.717, 1.165) is 0 Å². The largest absolute Gasteiger partial charge is 0.478 e. The fourth-order valence-electron chi connectivity index (χ4n) is 1.53. The summed E-state index contributed by atoms with van der Waals surface area (Å²) in [6, 6.07) is 4.22. The van der Waals surface area contributed by atoms with E-state index in [0.29, 0.717) is 12.2 Å². The van der Waals surface area contributed by atoms with E-state index in [2.05, 4.69) is 0 Å². The quantitative estimate of drug-likeness (QED) is 0.799. The Morgan fingerprint density at radius 3 is 2.50 bits per heavy atom. The number of carbonyl (C=O) groups is 2. The SMILES string of the molecule is CCOC(=O)N(CC)c1ccc(C(=O)O)cc1N. The van der Waals surface area contributed by atoms with E-state index < -0.39 is 12.1 Å². The van der Waals surface area contributed by atoms with Crippen molar-refractivity contribution >= 4 is 23.4 Å². The molecule has 18 heavy (non-hydrogen) atoms. The number of benzene rings is 1. The van der Waals surface area contributed by atoms with Crippen LogP contribution in [0.25, 0.3) is 0 Å². The van der Waals surface area contributed by atoms with Crippen LogP contribution in [0.3, 0.4) is 0 Å². The molecule has 0 unspecified atom stereocenters. The third-order valence-electron chi connectivity index (χ3n) is 2.37. The number of aromatic carboxylic acids is 1. The fourth-order valence-corrected chi connectivity index (χ4v) is 1.53. The lowest BCUT2D eigenvalue weighted by molar-refractivity contribution is 0.0697. The van der Waals surface area contributed by atoms with Crippen molar-refractivity contribution in [2.45, 2.75) is 13.8 Å². The Labute approximate surface area is 105 Å². The van der Waals surface area contributed by atoms with Crippen LogP contribution < -0.4 is 10.6 Å². The first-order valence-electron chi connectivity index (χ1n) is 5.58. The first kappa shape index (κ1) is 13.8. The lowest BCUT2D eigenvalue weighted by atomic mass is 10.1. The van der Waals surface area contributed by atoms with E-state index in [-0.39, 0.29) is 17.9 Å². The number of hydrogen-bond donors (Lipinski definition) is 2. The molecule has 0 heterocycles. The van der Waals surface area contributed by atoms with E-state index in [1.54, 1.807) is 13.8 Å². The summed E-state index contributed by atoms with van der Waals surface area (Å²) in [6.07, 6.45) is -0.505. The molecule has 3 N–H and O–H groups in total. The molecule has 98 valence electrons. The van der Waals surface area contributed by atoms with Gasteiger partial charge >= 0.3 is 12.1 Å². The Balaban J connectivity index is 3.07. The molecule has 0 bridgehead atoms. The average molecular weight is 252 g/mol. The van der Waals surface area contributed by atoms with Crippen molar-refractivity contribution in [1.82, 2.24) is 0 Å². The van der Waals surface area contributed by atoms with Crippen LogP contribution in [0, 0.1) is 0 Å². The molecule has 0 saturated carbocycles. The van der Waals surface area contributed by atoms with Crippen molar-refractivity contribution in [2.75, 3.05) is 23.8 Å². The minimum absolute atomic E-state index is 0.0798. The Bertz CT molecular complexity index is 459. The van der Waals surface area contributed by atoms with Crippen molar-refractivity contribution in [3.05, 3.63) is 23.8 Å². The van der Waals surface area contributed by atoms with Gasteiger partial charge in [-0.1, -0.05) is 0 Å². The normalized spacial score (nSPS) is 9.89. The Morgan fingerprint density at radius 2 is 2.06 bits per heavy atom. The predicted molar refractivity (Wildman–Crippen MR) is 67.9 cm³/mol.